The molecule has 242 valence electrons. The molecule has 0 fully saturated rings. The van der Waals surface area contributed by atoms with Gasteiger partial charge in [-0.2, -0.15) is 0 Å². The molecule has 1 unspecified atom stereocenters. The molecule has 1 aliphatic heterocycles. The van der Waals surface area contributed by atoms with Crippen LogP contribution in [0.1, 0.15) is 23.1 Å². The Morgan fingerprint density at radius 1 is 1.18 bits per heavy atom. The molecule has 0 radical (unpaired) electrons. The first-order valence-corrected chi connectivity index (χ1v) is 15.3. The maximum Gasteiger partial charge on any atom is 0.248 e. The van der Waals surface area contributed by atoms with E-state index in [0.29, 0.717) is 83.0 Å². The minimum Gasteiger partial charge on any atom is -0.453 e. The Balaban J connectivity index is 1.50. The van der Waals surface area contributed by atoms with Gasteiger partial charge in [0.25, 0.3) is 0 Å². The molecule has 0 saturated heterocycles. The first kappa shape index (κ1) is 35.2. The first-order valence-electron chi connectivity index (χ1n) is 14.5. The third-order valence-electron chi connectivity index (χ3n) is 6.59. The molecule has 3 rings (SSSR count). The van der Waals surface area contributed by atoms with Gasteiger partial charge in [-0.3, -0.25) is 9.79 Å². The van der Waals surface area contributed by atoms with Gasteiger partial charge in [0, 0.05) is 50.6 Å². The summed E-state index contributed by atoms with van der Waals surface area (Å²) in [4.78, 5) is 20.2. The highest BCUT2D eigenvalue weighted by Crippen LogP contribution is 2.39. The summed E-state index contributed by atoms with van der Waals surface area (Å²) in [6.07, 6.45) is 4.36. The van der Waals surface area contributed by atoms with Gasteiger partial charge in [-0.1, -0.05) is 13.5 Å². The number of carbonyl (C=O) groups excluding carboxylic acids is 1. The van der Waals surface area contributed by atoms with Gasteiger partial charge >= 0.3 is 0 Å². The van der Waals surface area contributed by atoms with E-state index < -0.39 is 12.4 Å². The molecule has 0 saturated carbocycles. The lowest BCUT2D eigenvalue weighted by atomic mass is 10.1. The molecular formula is C31H43FN4O7S. The van der Waals surface area contributed by atoms with Crippen molar-refractivity contribution in [3.8, 4) is 5.75 Å². The Hall–Kier alpha value is -3.33. The third-order valence-corrected chi connectivity index (χ3v) is 7.78. The molecular weight excluding hydrogens is 591 g/mol. The zero-order chi connectivity index (χ0) is 31.7. The van der Waals surface area contributed by atoms with Crippen molar-refractivity contribution in [1.82, 2.24) is 4.90 Å². The van der Waals surface area contributed by atoms with Crippen LogP contribution in [-0.4, -0.2) is 102 Å². The Morgan fingerprint density at radius 3 is 2.55 bits per heavy atom. The number of aliphatic imine (C=N–C) groups is 1. The fraction of sp³-hybridized carbons (Fsp3) is 0.484. The Morgan fingerprint density at radius 2 is 1.89 bits per heavy atom. The number of carbonyl (C=O) groups is 1. The number of ether oxygens (including phenoxy) is 5. The van der Waals surface area contributed by atoms with E-state index in [0.717, 1.165) is 21.9 Å². The summed E-state index contributed by atoms with van der Waals surface area (Å²) in [7, 11) is 1.62. The molecule has 0 aliphatic carbocycles. The Labute approximate surface area is 262 Å². The van der Waals surface area contributed by atoms with Crippen LogP contribution in [0.3, 0.4) is 0 Å². The predicted octanol–water partition coefficient (Wildman–Crippen LogP) is 3.90. The lowest BCUT2D eigenvalue weighted by Crippen LogP contribution is -2.39. The third kappa shape index (κ3) is 11.3. The predicted molar refractivity (Wildman–Crippen MR) is 172 cm³/mol. The monoisotopic (exact) mass is 634 g/mol. The summed E-state index contributed by atoms with van der Waals surface area (Å²) in [6, 6.07) is 6.25. The molecule has 1 amide bonds. The Bertz CT molecular complexity index is 1270. The second kappa shape index (κ2) is 19.1. The van der Waals surface area contributed by atoms with Crippen LogP contribution in [0.25, 0.3) is 11.5 Å². The van der Waals surface area contributed by atoms with Crippen LogP contribution >= 0.6 is 11.3 Å². The van der Waals surface area contributed by atoms with E-state index in [-0.39, 0.29) is 17.6 Å². The van der Waals surface area contributed by atoms with Gasteiger partial charge in [-0.15, -0.1) is 11.3 Å². The first-order chi connectivity index (χ1) is 21.4. The van der Waals surface area contributed by atoms with Crippen molar-refractivity contribution in [2.24, 2.45) is 10.9 Å². The van der Waals surface area contributed by atoms with Gasteiger partial charge in [0.2, 0.25) is 5.91 Å². The molecule has 1 aliphatic rings. The maximum absolute atomic E-state index is 14.3. The zero-order valence-corrected chi connectivity index (χ0v) is 26.2. The number of anilines is 2. The second-order valence-corrected chi connectivity index (χ2v) is 10.9. The summed E-state index contributed by atoms with van der Waals surface area (Å²) < 4.78 is 41.5. The summed E-state index contributed by atoms with van der Waals surface area (Å²) in [5, 5.41) is 12.8. The quantitative estimate of drug-likeness (QED) is 0.106. The van der Waals surface area contributed by atoms with E-state index in [1.807, 2.05) is 19.1 Å². The summed E-state index contributed by atoms with van der Waals surface area (Å²) in [6.45, 7) is 9.92. The number of halogens is 1. The zero-order valence-electron chi connectivity index (χ0n) is 25.4. The number of thiophene rings is 1. The number of hydrogen-bond donors (Lipinski definition) is 3. The average molecular weight is 635 g/mol. The van der Waals surface area contributed by atoms with Crippen LogP contribution in [0.5, 0.6) is 5.75 Å². The molecule has 0 spiro atoms. The topological polar surface area (TPSA) is 137 Å². The van der Waals surface area contributed by atoms with Gasteiger partial charge < -0.3 is 44.7 Å². The van der Waals surface area contributed by atoms with Crippen LogP contribution < -0.4 is 15.8 Å². The largest absolute Gasteiger partial charge is 0.453 e. The standard InChI is InChI=1S/C31H43FN4O7S/c1-4-23(20-36(30(38)21-37)9-10-40-13-14-42-16-15-41-12-11-39-3)19-35-22(2)29-18-26-31(44-29)28(7-8-34-26)43-27-6-5-24(33)17-25(27)32/h5-7,17-19,23,34,37H,2,4,8-16,20-21,33H2,1,3H3. The van der Waals surface area contributed by atoms with Gasteiger partial charge in [-0.05, 0) is 30.7 Å². The number of nitrogens with one attached hydrogen (secondary N) is 1. The number of nitrogens with two attached hydrogens (primary N) is 1. The molecule has 4 N–H and O–H groups in total. The van der Waals surface area contributed by atoms with Crippen LogP contribution in [-0.2, 0) is 23.7 Å². The molecule has 1 atom stereocenters. The van der Waals surface area contributed by atoms with Crippen molar-refractivity contribution in [2.45, 2.75) is 13.3 Å². The van der Waals surface area contributed by atoms with E-state index >= 15 is 0 Å². The van der Waals surface area contributed by atoms with Gasteiger partial charge in [0.15, 0.2) is 11.6 Å². The van der Waals surface area contributed by atoms with E-state index in [1.165, 1.54) is 23.5 Å². The Kier molecular flexibility index (Phi) is 15.3. The number of aliphatic hydroxyl groups excluding tert-OH is 1. The average Bonchev–Trinajstić information content (AvgIpc) is 3.47. The van der Waals surface area contributed by atoms with E-state index in [2.05, 4.69) is 16.9 Å². The van der Waals surface area contributed by atoms with Crippen LogP contribution in [0.15, 0.2) is 41.9 Å². The molecule has 2 aromatic rings. The number of fused-ring (bicyclic) bond motifs is 1. The summed E-state index contributed by atoms with van der Waals surface area (Å²) >= 11 is 1.43. The lowest BCUT2D eigenvalue weighted by molar-refractivity contribution is -0.135. The van der Waals surface area contributed by atoms with Crippen molar-refractivity contribution >= 4 is 46.3 Å². The number of nitrogen functional groups attached to an aromatic ring is 1. The number of rotatable bonds is 21. The highest BCUT2D eigenvalue weighted by molar-refractivity contribution is 7.14. The number of aliphatic hydroxyl groups is 1. The minimum atomic E-state index is -0.585. The second-order valence-electron chi connectivity index (χ2n) is 9.82. The summed E-state index contributed by atoms with van der Waals surface area (Å²) in [5.74, 6) is -0.342. The molecule has 13 heteroatoms. The smallest absolute Gasteiger partial charge is 0.248 e. The normalized spacial score (nSPS) is 13.3. The van der Waals surface area contributed by atoms with Crippen LogP contribution in [0.4, 0.5) is 15.8 Å². The number of methoxy groups -OCH3 is 1. The molecule has 11 nitrogen and oxygen atoms in total. The van der Waals surface area contributed by atoms with Crippen LogP contribution in [0, 0.1) is 11.7 Å². The van der Waals surface area contributed by atoms with E-state index in [4.69, 9.17) is 29.4 Å². The summed E-state index contributed by atoms with van der Waals surface area (Å²) in [5.41, 5.74) is 7.38. The SMILES string of the molecule is C=C(N=CC(CC)CN(CCOCCOCCOCCOC)C(=O)CO)c1cc2c(s1)C(Oc1ccc(N)cc1F)=CCN2. The van der Waals surface area contributed by atoms with Gasteiger partial charge in [0.1, 0.15) is 12.4 Å². The highest BCUT2D eigenvalue weighted by atomic mass is 32.1. The molecule has 44 heavy (non-hydrogen) atoms. The fourth-order valence-corrected chi connectivity index (χ4v) is 5.13. The molecule has 2 heterocycles. The number of nitrogens with zero attached hydrogens (tertiary/aromatic N) is 2. The van der Waals surface area contributed by atoms with Crippen molar-refractivity contribution in [3.63, 3.8) is 0 Å². The van der Waals surface area contributed by atoms with Crippen molar-refractivity contribution < 1.29 is 38.0 Å². The van der Waals surface area contributed by atoms with E-state index in [9.17, 15) is 14.3 Å². The number of benzene rings is 1. The fourth-order valence-electron chi connectivity index (χ4n) is 4.10. The van der Waals surface area contributed by atoms with Crippen molar-refractivity contribution in [3.05, 3.63) is 52.5 Å². The highest BCUT2D eigenvalue weighted by Gasteiger charge is 2.21. The van der Waals surface area contributed by atoms with Gasteiger partial charge in [0.05, 0.1) is 67.4 Å². The molecule has 0 bridgehead atoms. The number of hydrogen-bond acceptors (Lipinski definition) is 11. The van der Waals surface area contributed by atoms with Gasteiger partial charge in [-0.25, -0.2) is 4.39 Å². The van der Waals surface area contributed by atoms with E-state index in [1.54, 1.807) is 24.3 Å². The lowest BCUT2D eigenvalue weighted by Gasteiger charge is -2.25. The maximum atomic E-state index is 14.3. The van der Waals surface area contributed by atoms with Crippen molar-refractivity contribution in [2.75, 3.05) is 90.6 Å². The van der Waals surface area contributed by atoms with Crippen molar-refractivity contribution in [1.29, 1.82) is 0 Å². The molecule has 1 aromatic carbocycles. The minimum absolute atomic E-state index is 0.0660. The van der Waals surface area contributed by atoms with Crippen LogP contribution in [0.2, 0.25) is 0 Å². The number of amides is 1. The molecule has 1 aromatic heterocycles.